The van der Waals surface area contributed by atoms with Gasteiger partial charge in [0, 0.05) is 6.42 Å². The SMILES string of the molecule is Nc1nnc(CCC23COC(C2)C3)s1. The first kappa shape index (κ1) is 8.61. The number of aromatic nitrogens is 2. The van der Waals surface area contributed by atoms with E-state index >= 15 is 0 Å². The van der Waals surface area contributed by atoms with E-state index in [1.807, 2.05) is 0 Å². The molecule has 4 nitrogen and oxygen atoms in total. The Labute approximate surface area is 86.5 Å². The van der Waals surface area contributed by atoms with Gasteiger partial charge in [-0.15, -0.1) is 10.2 Å². The lowest BCUT2D eigenvalue weighted by Gasteiger charge is -2.35. The summed E-state index contributed by atoms with van der Waals surface area (Å²) >= 11 is 1.50. The molecule has 4 rings (SSSR count). The van der Waals surface area contributed by atoms with Crippen LogP contribution in [0, 0.1) is 5.41 Å². The van der Waals surface area contributed by atoms with Crippen molar-refractivity contribution >= 4 is 16.5 Å². The molecule has 0 atom stereocenters. The smallest absolute Gasteiger partial charge is 0.203 e. The zero-order valence-electron chi connectivity index (χ0n) is 7.90. The molecular weight excluding hydrogens is 198 g/mol. The van der Waals surface area contributed by atoms with Gasteiger partial charge in [0.2, 0.25) is 5.13 Å². The van der Waals surface area contributed by atoms with Crippen molar-refractivity contribution in [3.8, 4) is 0 Å². The second-order valence-corrected chi connectivity index (χ2v) is 5.47. The highest BCUT2D eigenvalue weighted by molar-refractivity contribution is 7.15. The average molecular weight is 211 g/mol. The molecule has 2 N–H and O–H groups in total. The Kier molecular flexibility index (Phi) is 1.79. The number of hydrogen-bond donors (Lipinski definition) is 1. The Hall–Kier alpha value is -0.680. The van der Waals surface area contributed by atoms with E-state index in [2.05, 4.69) is 10.2 Å². The molecule has 0 amide bonds. The number of anilines is 1. The summed E-state index contributed by atoms with van der Waals surface area (Å²) in [7, 11) is 0. The van der Waals surface area contributed by atoms with Gasteiger partial charge in [0.1, 0.15) is 5.01 Å². The first-order chi connectivity index (χ1) is 6.76. The minimum absolute atomic E-state index is 0.477. The second kappa shape index (κ2) is 2.90. The number of nitrogens with two attached hydrogens (primary N) is 1. The summed E-state index contributed by atoms with van der Waals surface area (Å²) in [5.74, 6) is 0. The van der Waals surface area contributed by atoms with Crippen molar-refractivity contribution in [3.05, 3.63) is 5.01 Å². The molecule has 0 unspecified atom stereocenters. The summed E-state index contributed by atoms with van der Waals surface area (Å²) in [6, 6.07) is 0. The first-order valence-electron chi connectivity index (χ1n) is 4.95. The van der Waals surface area contributed by atoms with E-state index < -0.39 is 0 Å². The molecule has 2 aliphatic heterocycles. The topological polar surface area (TPSA) is 61.0 Å². The summed E-state index contributed by atoms with van der Waals surface area (Å²) in [4.78, 5) is 0. The third kappa shape index (κ3) is 1.31. The largest absolute Gasteiger partial charge is 0.378 e. The van der Waals surface area contributed by atoms with Crippen LogP contribution in [-0.4, -0.2) is 22.9 Å². The van der Waals surface area contributed by atoms with Crippen molar-refractivity contribution in [1.29, 1.82) is 0 Å². The van der Waals surface area contributed by atoms with Crippen molar-refractivity contribution in [2.24, 2.45) is 5.41 Å². The molecule has 1 aromatic heterocycles. The molecule has 76 valence electrons. The zero-order valence-corrected chi connectivity index (χ0v) is 8.72. The summed E-state index contributed by atoms with van der Waals surface area (Å²) < 4.78 is 5.57. The van der Waals surface area contributed by atoms with Crippen molar-refractivity contribution in [2.45, 2.75) is 31.8 Å². The highest BCUT2D eigenvalue weighted by Crippen LogP contribution is 2.52. The minimum Gasteiger partial charge on any atom is -0.378 e. The van der Waals surface area contributed by atoms with E-state index in [0.29, 0.717) is 16.7 Å². The van der Waals surface area contributed by atoms with Gasteiger partial charge in [-0.25, -0.2) is 0 Å². The van der Waals surface area contributed by atoms with Crippen LogP contribution in [0.15, 0.2) is 0 Å². The molecule has 14 heavy (non-hydrogen) atoms. The van der Waals surface area contributed by atoms with E-state index in [-0.39, 0.29) is 0 Å². The first-order valence-corrected chi connectivity index (χ1v) is 5.77. The van der Waals surface area contributed by atoms with Crippen LogP contribution >= 0.6 is 11.3 Å². The monoisotopic (exact) mass is 211 g/mol. The van der Waals surface area contributed by atoms with E-state index in [0.717, 1.165) is 18.0 Å². The number of nitrogens with zero attached hydrogens (tertiary/aromatic N) is 2. The van der Waals surface area contributed by atoms with Gasteiger partial charge in [-0.3, -0.25) is 0 Å². The maximum Gasteiger partial charge on any atom is 0.203 e. The quantitative estimate of drug-likeness (QED) is 0.817. The maximum absolute atomic E-state index is 5.57. The predicted molar refractivity (Wildman–Crippen MR) is 54.0 cm³/mol. The van der Waals surface area contributed by atoms with E-state index in [1.54, 1.807) is 0 Å². The Bertz CT molecular complexity index is 340. The molecule has 3 fully saturated rings. The Morgan fingerprint density at radius 3 is 2.93 bits per heavy atom. The van der Waals surface area contributed by atoms with Gasteiger partial charge in [0.15, 0.2) is 0 Å². The van der Waals surface area contributed by atoms with Gasteiger partial charge in [-0.1, -0.05) is 11.3 Å². The predicted octanol–water partition coefficient (Wildman–Crippen LogP) is 1.23. The zero-order chi connectivity index (χ0) is 9.60. The molecule has 3 aliphatic rings. The fraction of sp³-hybridized carbons (Fsp3) is 0.778. The summed E-state index contributed by atoms with van der Waals surface area (Å²) in [6.07, 6.45) is 5.25. The molecule has 1 aliphatic carbocycles. The maximum atomic E-state index is 5.57. The molecule has 3 heterocycles. The molecule has 2 saturated heterocycles. The number of aryl methyl sites for hydroxylation is 1. The number of nitrogen functional groups attached to an aromatic ring is 1. The summed E-state index contributed by atoms with van der Waals surface area (Å²) in [6.45, 7) is 0.950. The van der Waals surface area contributed by atoms with Crippen LogP contribution in [0.5, 0.6) is 0 Å². The van der Waals surface area contributed by atoms with E-state index in [4.69, 9.17) is 10.5 Å². The highest BCUT2D eigenvalue weighted by atomic mass is 32.1. The van der Waals surface area contributed by atoms with Crippen LogP contribution in [0.2, 0.25) is 0 Å². The molecular formula is C9H13N3OS. The van der Waals surface area contributed by atoms with Crippen molar-refractivity contribution in [1.82, 2.24) is 10.2 Å². The lowest BCUT2D eigenvalue weighted by molar-refractivity contribution is 0.109. The van der Waals surface area contributed by atoms with Crippen LogP contribution < -0.4 is 5.73 Å². The minimum atomic E-state index is 0.477. The molecule has 1 aromatic rings. The Balaban J connectivity index is 1.59. The fourth-order valence-corrected chi connectivity index (χ4v) is 3.06. The molecule has 0 spiro atoms. The fourth-order valence-electron chi connectivity index (χ4n) is 2.45. The van der Waals surface area contributed by atoms with Gasteiger partial charge in [0.05, 0.1) is 12.7 Å². The van der Waals surface area contributed by atoms with Crippen LogP contribution in [0.25, 0.3) is 0 Å². The van der Waals surface area contributed by atoms with Crippen molar-refractivity contribution in [3.63, 3.8) is 0 Å². The second-order valence-electron chi connectivity index (χ2n) is 4.38. The van der Waals surface area contributed by atoms with Gasteiger partial charge < -0.3 is 10.5 Å². The van der Waals surface area contributed by atoms with Gasteiger partial charge in [-0.2, -0.15) is 0 Å². The van der Waals surface area contributed by atoms with E-state index in [9.17, 15) is 0 Å². The number of hydrogen-bond acceptors (Lipinski definition) is 5. The molecule has 5 heteroatoms. The molecule has 0 aromatic carbocycles. The molecule has 1 saturated carbocycles. The van der Waals surface area contributed by atoms with Gasteiger partial charge in [0.25, 0.3) is 0 Å². The highest BCUT2D eigenvalue weighted by Gasteiger charge is 2.51. The van der Waals surface area contributed by atoms with Crippen molar-refractivity contribution in [2.75, 3.05) is 12.3 Å². The van der Waals surface area contributed by atoms with Gasteiger partial charge in [-0.05, 0) is 24.7 Å². The lowest BCUT2D eigenvalue weighted by Crippen LogP contribution is -2.33. The third-order valence-corrected chi connectivity index (χ3v) is 4.11. The lowest BCUT2D eigenvalue weighted by atomic mass is 9.68. The van der Waals surface area contributed by atoms with Crippen LogP contribution in [-0.2, 0) is 11.2 Å². The normalized spacial score (nSPS) is 34.4. The van der Waals surface area contributed by atoms with Crippen LogP contribution in [0.4, 0.5) is 5.13 Å². The van der Waals surface area contributed by atoms with Gasteiger partial charge >= 0.3 is 0 Å². The summed E-state index contributed by atoms with van der Waals surface area (Å²) in [5.41, 5.74) is 6.00. The van der Waals surface area contributed by atoms with Crippen LogP contribution in [0.3, 0.4) is 0 Å². The Morgan fingerprint density at radius 2 is 2.36 bits per heavy atom. The molecule has 0 radical (unpaired) electrons. The van der Waals surface area contributed by atoms with Crippen molar-refractivity contribution < 1.29 is 4.74 Å². The van der Waals surface area contributed by atoms with Crippen LogP contribution in [0.1, 0.15) is 24.3 Å². The Morgan fingerprint density at radius 1 is 1.50 bits per heavy atom. The third-order valence-electron chi connectivity index (χ3n) is 3.30. The number of fused-ring (bicyclic) bond motifs is 1. The molecule has 2 bridgehead atoms. The van der Waals surface area contributed by atoms with E-state index in [1.165, 1.54) is 30.6 Å². The number of rotatable bonds is 3. The standard InChI is InChI=1S/C9H13N3OS/c10-8-12-11-7(14-8)1-2-9-3-6(4-9)13-5-9/h6H,1-5H2,(H2,10,12). The average Bonchev–Trinajstić information content (AvgIpc) is 2.73. The number of ether oxygens (including phenoxy) is 1. The summed E-state index contributed by atoms with van der Waals surface area (Å²) in [5, 5.41) is 9.48.